The lowest BCUT2D eigenvalue weighted by atomic mass is 10.1. The summed E-state index contributed by atoms with van der Waals surface area (Å²) in [5, 5.41) is 32.1. The molecule has 2 rings (SSSR count). The maximum atomic E-state index is 12.4. The van der Waals surface area contributed by atoms with Gasteiger partial charge in [0.1, 0.15) is 5.57 Å². The molecule has 0 saturated carbocycles. The summed E-state index contributed by atoms with van der Waals surface area (Å²) in [6.07, 6.45) is 2.35. The van der Waals surface area contributed by atoms with Gasteiger partial charge >= 0.3 is 0 Å². The van der Waals surface area contributed by atoms with Gasteiger partial charge in [-0.1, -0.05) is 6.08 Å². The molecule has 2 amide bonds. The van der Waals surface area contributed by atoms with Crippen molar-refractivity contribution in [3.63, 3.8) is 0 Å². The number of nitro benzene ring substituents is 1. The molecule has 9 nitrogen and oxygen atoms in total. The number of phenolic OH excluding ortho intramolecular Hbond substituents is 2. The van der Waals surface area contributed by atoms with Gasteiger partial charge in [0.2, 0.25) is 0 Å². The van der Waals surface area contributed by atoms with Crippen molar-refractivity contribution >= 4 is 40.9 Å². The van der Waals surface area contributed by atoms with Crippen molar-refractivity contribution in [2.24, 2.45) is 0 Å². The Balaban J connectivity index is 2.57. The van der Waals surface area contributed by atoms with Crippen LogP contribution < -0.4 is 5.32 Å². The first kappa shape index (κ1) is 17.1. The van der Waals surface area contributed by atoms with Crippen molar-refractivity contribution in [1.82, 2.24) is 10.2 Å². The summed E-state index contributed by atoms with van der Waals surface area (Å²) in [6, 6.07) is 1.60. The van der Waals surface area contributed by atoms with Crippen molar-refractivity contribution in [1.29, 1.82) is 0 Å². The van der Waals surface area contributed by atoms with E-state index >= 15 is 0 Å². The Morgan fingerprint density at radius 2 is 1.96 bits per heavy atom. The highest BCUT2D eigenvalue weighted by molar-refractivity contribution is 7.80. The Morgan fingerprint density at radius 3 is 2.54 bits per heavy atom. The molecule has 1 aromatic carbocycles. The van der Waals surface area contributed by atoms with Crippen LogP contribution in [0.2, 0.25) is 0 Å². The quantitative estimate of drug-likeness (QED) is 0.139. The highest BCUT2D eigenvalue weighted by Crippen LogP contribution is 2.34. The molecule has 3 N–H and O–H groups in total. The van der Waals surface area contributed by atoms with Gasteiger partial charge in [-0.25, -0.2) is 0 Å². The molecule has 0 atom stereocenters. The van der Waals surface area contributed by atoms with E-state index in [0.717, 1.165) is 23.1 Å². The van der Waals surface area contributed by atoms with Crippen LogP contribution >= 0.6 is 12.2 Å². The third-order valence-corrected chi connectivity index (χ3v) is 3.44. The van der Waals surface area contributed by atoms with Crippen molar-refractivity contribution in [2.45, 2.75) is 0 Å². The van der Waals surface area contributed by atoms with Crippen LogP contribution in [0, 0.1) is 10.1 Å². The first-order valence-electron chi connectivity index (χ1n) is 6.46. The van der Waals surface area contributed by atoms with Crippen LogP contribution in [0.1, 0.15) is 5.56 Å². The van der Waals surface area contributed by atoms with Crippen LogP contribution in [0.3, 0.4) is 0 Å². The molecule has 10 heteroatoms. The smallest absolute Gasteiger partial charge is 0.280 e. The van der Waals surface area contributed by atoms with Crippen molar-refractivity contribution in [2.75, 3.05) is 6.54 Å². The average molecular weight is 349 g/mol. The number of aromatic hydroxyl groups is 2. The first-order valence-corrected chi connectivity index (χ1v) is 6.87. The highest BCUT2D eigenvalue weighted by atomic mass is 32.1. The number of thiocarbonyl (C=S) groups is 1. The number of hydrogen-bond donors (Lipinski definition) is 3. The van der Waals surface area contributed by atoms with Gasteiger partial charge in [0, 0.05) is 6.54 Å². The third kappa shape index (κ3) is 3.08. The number of carbonyl (C=O) groups excluding carboxylic acids is 2. The van der Waals surface area contributed by atoms with Gasteiger partial charge in [0.25, 0.3) is 17.5 Å². The Kier molecular flexibility index (Phi) is 4.60. The summed E-state index contributed by atoms with van der Waals surface area (Å²) in [5.41, 5.74) is -1.21. The molecule has 1 aliphatic rings. The van der Waals surface area contributed by atoms with Crippen molar-refractivity contribution in [3.05, 3.63) is 46.0 Å². The monoisotopic (exact) mass is 349 g/mol. The number of phenols is 2. The molecule has 1 fully saturated rings. The lowest BCUT2D eigenvalue weighted by molar-refractivity contribution is -0.385. The fourth-order valence-electron chi connectivity index (χ4n) is 2.00. The molecule has 0 aromatic heterocycles. The fraction of sp³-hybridized carbons (Fsp3) is 0.0714. The molecule has 1 heterocycles. The van der Waals surface area contributed by atoms with Crippen LogP contribution in [0.15, 0.2) is 30.4 Å². The Hall–Kier alpha value is -3.27. The number of hydrogen-bond acceptors (Lipinski definition) is 7. The summed E-state index contributed by atoms with van der Waals surface area (Å²) in [7, 11) is 0. The van der Waals surface area contributed by atoms with Crippen molar-refractivity contribution in [3.8, 4) is 11.5 Å². The number of nitrogens with one attached hydrogen (secondary N) is 1. The van der Waals surface area contributed by atoms with Gasteiger partial charge in [-0.05, 0) is 24.4 Å². The normalized spacial score (nSPS) is 16.2. The van der Waals surface area contributed by atoms with Crippen LogP contribution in [-0.2, 0) is 9.59 Å². The third-order valence-electron chi connectivity index (χ3n) is 3.12. The second-order valence-corrected chi connectivity index (χ2v) is 5.07. The number of carbonyl (C=O) groups is 2. The standard InChI is InChI=1S/C14H11N3O6S/c1-2-3-16-13(21)8(12(20)15-14(16)24)4-7-5-10(18)11(19)6-9(7)17(22)23/h2,4-6,18-19H,1,3H2,(H,15,20,24). The molecule has 124 valence electrons. The van der Waals surface area contributed by atoms with E-state index in [1.54, 1.807) is 0 Å². The van der Waals surface area contributed by atoms with Crippen LogP contribution in [0.4, 0.5) is 5.69 Å². The Bertz CT molecular complexity index is 817. The lowest BCUT2D eigenvalue weighted by Crippen LogP contribution is -2.53. The topological polar surface area (TPSA) is 133 Å². The minimum Gasteiger partial charge on any atom is -0.504 e. The summed E-state index contributed by atoms with van der Waals surface area (Å²) in [5.74, 6) is -2.91. The summed E-state index contributed by atoms with van der Waals surface area (Å²) >= 11 is 4.89. The van der Waals surface area contributed by atoms with Gasteiger partial charge in [0.05, 0.1) is 16.6 Å². The molecule has 0 spiro atoms. The Labute approximate surface area is 140 Å². The molecule has 24 heavy (non-hydrogen) atoms. The van der Waals surface area contributed by atoms with Crippen LogP contribution in [0.25, 0.3) is 6.08 Å². The van der Waals surface area contributed by atoms with E-state index in [1.165, 1.54) is 6.08 Å². The zero-order valence-electron chi connectivity index (χ0n) is 12.1. The molecule has 0 bridgehead atoms. The summed E-state index contributed by atoms with van der Waals surface area (Å²) in [4.78, 5) is 35.6. The molecule has 1 saturated heterocycles. The van der Waals surface area contributed by atoms with E-state index in [2.05, 4.69) is 11.9 Å². The SMILES string of the molecule is C=CCN1C(=O)C(=Cc2cc(O)c(O)cc2[N+](=O)[O-])C(=O)NC1=S. The van der Waals surface area contributed by atoms with Gasteiger partial charge in [-0.15, -0.1) is 6.58 Å². The second kappa shape index (κ2) is 6.46. The van der Waals surface area contributed by atoms with E-state index in [0.29, 0.717) is 0 Å². The lowest BCUT2D eigenvalue weighted by Gasteiger charge is -2.27. The average Bonchev–Trinajstić information content (AvgIpc) is 2.50. The van der Waals surface area contributed by atoms with Crippen LogP contribution in [0.5, 0.6) is 11.5 Å². The first-order chi connectivity index (χ1) is 11.3. The number of benzene rings is 1. The van der Waals surface area contributed by atoms with Crippen LogP contribution in [-0.4, -0.2) is 43.5 Å². The molecular weight excluding hydrogens is 338 g/mol. The largest absolute Gasteiger partial charge is 0.504 e. The molecule has 0 unspecified atom stereocenters. The predicted octanol–water partition coefficient (Wildman–Crippen LogP) is 0.819. The van der Waals surface area contributed by atoms with E-state index in [4.69, 9.17) is 12.2 Å². The van der Waals surface area contributed by atoms with Gasteiger partial charge in [-0.3, -0.25) is 29.9 Å². The van der Waals surface area contributed by atoms with E-state index < -0.39 is 39.5 Å². The van der Waals surface area contributed by atoms with E-state index in [-0.39, 0.29) is 17.2 Å². The van der Waals surface area contributed by atoms with Gasteiger partial charge in [-0.2, -0.15) is 0 Å². The zero-order valence-corrected chi connectivity index (χ0v) is 12.9. The molecule has 1 aromatic rings. The minimum atomic E-state index is -0.827. The van der Waals surface area contributed by atoms with E-state index in [9.17, 15) is 29.9 Å². The molecule has 0 aliphatic carbocycles. The zero-order chi connectivity index (χ0) is 18.0. The summed E-state index contributed by atoms with van der Waals surface area (Å²) in [6.45, 7) is 3.51. The number of nitrogens with zero attached hydrogens (tertiary/aromatic N) is 2. The number of nitro groups is 1. The summed E-state index contributed by atoms with van der Waals surface area (Å²) < 4.78 is 0. The molecule has 0 radical (unpaired) electrons. The maximum Gasteiger partial charge on any atom is 0.280 e. The second-order valence-electron chi connectivity index (χ2n) is 4.68. The van der Waals surface area contributed by atoms with Gasteiger partial charge < -0.3 is 10.2 Å². The molecule has 1 aliphatic heterocycles. The Morgan fingerprint density at radius 1 is 1.33 bits per heavy atom. The maximum absolute atomic E-state index is 12.4. The fourth-order valence-corrected chi connectivity index (χ4v) is 2.25. The van der Waals surface area contributed by atoms with Crippen molar-refractivity contribution < 1.29 is 24.7 Å². The van der Waals surface area contributed by atoms with E-state index in [1.807, 2.05) is 0 Å². The number of amides is 2. The van der Waals surface area contributed by atoms with Gasteiger partial charge in [0.15, 0.2) is 16.6 Å². The highest BCUT2D eigenvalue weighted by Gasteiger charge is 2.33. The minimum absolute atomic E-state index is 0.0399. The predicted molar refractivity (Wildman–Crippen MR) is 87.1 cm³/mol. The molecular formula is C14H11N3O6S. The number of rotatable bonds is 4.